The Kier molecular flexibility index (Phi) is 7.57. The zero-order valence-corrected chi connectivity index (χ0v) is 14.0. The highest BCUT2D eigenvalue weighted by Gasteiger charge is 2.14. The van der Waals surface area contributed by atoms with Crippen LogP contribution in [0.1, 0.15) is 45.2 Å². The van der Waals surface area contributed by atoms with Crippen LogP contribution in [0.5, 0.6) is 0 Å². The molecule has 0 aromatic heterocycles. The van der Waals surface area contributed by atoms with E-state index in [1.807, 2.05) is 12.1 Å². The predicted molar refractivity (Wildman–Crippen MR) is 89.1 cm³/mol. The summed E-state index contributed by atoms with van der Waals surface area (Å²) in [7, 11) is 2.18. The van der Waals surface area contributed by atoms with Gasteiger partial charge in [0.15, 0.2) is 0 Å². The number of benzene rings is 1. The van der Waals surface area contributed by atoms with Gasteiger partial charge in [0.05, 0.1) is 0 Å². The van der Waals surface area contributed by atoms with Crippen LogP contribution in [0.2, 0.25) is 5.02 Å². The third-order valence-corrected chi connectivity index (χ3v) is 4.29. The van der Waals surface area contributed by atoms with Crippen molar-refractivity contribution in [3.8, 4) is 0 Å². The van der Waals surface area contributed by atoms with Gasteiger partial charge in [-0.05, 0) is 69.4 Å². The van der Waals surface area contributed by atoms with Gasteiger partial charge < -0.3 is 5.73 Å². The quantitative estimate of drug-likeness (QED) is 0.773. The van der Waals surface area contributed by atoms with E-state index in [0.29, 0.717) is 12.0 Å². The highest BCUT2D eigenvalue weighted by molar-refractivity contribution is 6.30. The summed E-state index contributed by atoms with van der Waals surface area (Å²) in [6, 6.07) is 8.55. The minimum absolute atomic E-state index is 0.407. The minimum Gasteiger partial charge on any atom is -0.330 e. The SMILES string of the molecule is CC(C)CC(CN)CCN(C)C(C)c1ccc(Cl)cc1. The maximum Gasteiger partial charge on any atom is 0.0406 e. The first-order valence-corrected chi connectivity index (χ1v) is 7.97. The molecule has 0 aliphatic heterocycles. The molecule has 0 heterocycles. The number of hydrogen-bond donors (Lipinski definition) is 1. The Labute approximate surface area is 129 Å². The van der Waals surface area contributed by atoms with Crippen molar-refractivity contribution in [2.45, 2.75) is 39.7 Å². The van der Waals surface area contributed by atoms with Crippen molar-refractivity contribution in [1.82, 2.24) is 4.90 Å². The van der Waals surface area contributed by atoms with Crippen molar-refractivity contribution in [1.29, 1.82) is 0 Å². The second-order valence-corrected chi connectivity index (χ2v) is 6.66. The molecule has 3 heteroatoms. The van der Waals surface area contributed by atoms with E-state index in [9.17, 15) is 0 Å². The first kappa shape index (κ1) is 17.5. The van der Waals surface area contributed by atoms with E-state index >= 15 is 0 Å². The van der Waals surface area contributed by atoms with Crippen LogP contribution in [-0.2, 0) is 0 Å². The van der Waals surface area contributed by atoms with E-state index in [1.54, 1.807) is 0 Å². The highest BCUT2D eigenvalue weighted by atomic mass is 35.5. The molecule has 0 saturated carbocycles. The second-order valence-electron chi connectivity index (χ2n) is 6.23. The number of rotatable bonds is 8. The molecule has 0 bridgehead atoms. The Hall–Kier alpha value is -0.570. The van der Waals surface area contributed by atoms with Gasteiger partial charge in [0.2, 0.25) is 0 Å². The Morgan fingerprint density at radius 2 is 1.75 bits per heavy atom. The fraction of sp³-hybridized carbons (Fsp3) is 0.647. The molecule has 114 valence electrons. The number of hydrogen-bond acceptors (Lipinski definition) is 2. The smallest absolute Gasteiger partial charge is 0.0406 e. The topological polar surface area (TPSA) is 29.3 Å². The van der Waals surface area contributed by atoms with E-state index in [0.717, 1.165) is 24.0 Å². The van der Waals surface area contributed by atoms with Crippen molar-refractivity contribution in [2.24, 2.45) is 17.6 Å². The Morgan fingerprint density at radius 3 is 2.25 bits per heavy atom. The third kappa shape index (κ3) is 5.82. The zero-order chi connectivity index (χ0) is 15.1. The monoisotopic (exact) mass is 296 g/mol. The Balaban J connectivity index is 2.48. The van der Waals surface area contributed by atoms with Gasteiger partial charge in [-0.25, -0.2) is 0 Å². The molecule has 0 saturated heterocycles. The summed E-state index contributed by atoms with van der Waals surface area (Å²) in [5.74, 6) is 1.36. The number of nitrogens with two attached hydrogens (primary N) is 1. The maximum absolute atomic E-state index is 5.94. The van der Waals surface area contributed by atoms with Gasteiger partial charge in [-0.2, -0.15) is 0 Å². The molecular weight excluding hydrogens is 268 g/mol. The van der Waals surface area contributed by atoms with Gasteiger partial charge >= 0.3 is 0 Å². The second kappa shape index (κ2) is 8.66. The van der Waals surface area contributed by atoms with Gasteiger partial charge in [-0.1, -0.05) is 37.6 Å². The molecule has 0 aliphatic rings. The Morgan fingerprint density at radius 1 is 1.15 bits per heavy atom. The molecule has 0 fully saturated rings. The molecule has 2 atom stereocenters. The van der Waals surface area contributed by atoms with Crippen molar-refractivity contribution in [2.75, 3.05) is 20.1 Å². The van der Waals surface area contributed by atoms with Crippen LogP contribution < -0.4 is 5.73 Å². The fourth-order valence-electron chi connectivity index (χ4n) is 2.57. The number of halogens is 1. The average molecular weight is 297 g/mol. The maximum atomic E-state index is 5.94. The average Bonchev–Trinajstić information content (AvgIpc) is 2.42. The molecule has 0 spiro atoms. The lowest BCUT2D eigenvalue weighted by Crippen LogP contribution is -2.27. The first-order valence-electron chi connectivity index (χ1n) is 7.59. The molecular formula is C17H29ClN2. The summed E-state index contributed by atoms with van der Waals surface area (Å²) in [4.78, 5) is 2.40. The van der Waals surface area contributed by atoms with E-state index in [1.165, 1.54) is 18.4 Å². The molecule has 0 radical (unpaired) electrons. The highest BCUT2D eigenvalue weighted by Crippen LogP contribution is 2.22. The van der Waals surface area contributed by atoms with Crippen LogP contribution >= 0.6 is 11.6 Å². The van der Waals surface area contributed by atoms with Gasteiger partial charge in [0.1, 0.15) is 0 Å². The minimum atomic E-state index is 0.407. The fourth-order valence-corrected chi connectivity index (χ4v) is 2.70. The van der Waals surface area contributed by atoms with Crippen LogP contribution in [0.25, 0.3) is 0 Å². The van der Waals surface area contributed by atoms with Crippen LogP contribution in [0, 0.1) is 11.8 Å². The van der Waals surface area contributed by atoms with Crippen LogP contribution in [0.4, 0.5) is 0 Å². The third-order valence-electron chi connectivity index (χ3n) is 4.04. The zero-order valence-electron chi connectivity index (χ0n) is 13.3. The molecule has 0 aliphatic carbocycles. The summed E-state index contributed by atoms with van der Waals surface area (Å²) in [6.07, 6.45) is 2.39. The standard InChI is InChI=1S/C17H29ClN2/c1-13(2)11-15(12-19)9-10-20(4)14(3)16-5-7-17(18)8-6-16/h5-8,13-15H,9-12,19H2,1-4H3. The van der Waals surface area contributed by atoms with Crippen molar-refractivity contribution < 1.29 is 0 Å². The summed E-state index contributed by atoms with van der Waals surface area (Å²) in [5, 5.41) is 0.795. The lowest BCUT2D eigenvalue weighted by molar-refractivity contribution is 0.233. The molecule has 1 aromatic carbocycles. The Bertz CT molecular complexity index is 375. The summed E-state index contributed by atoms with van der Waals surface area (Å²) in [6.45, 7) is 8.65. The lowest BCUT2D eigenvalue weighted by atomic mass is 9.94. The van der Waals surface area contributed by atoms with E-state index in [4.69, 9.17) is 17.3 Å². The van der Waals surface area contributed by atoms with Gasteiger partial charge in [-0.15, -0.1) is 0 Å². The number of nitrogens with zero attached hydrogens (tertiary/aromatic N) is 1. The molecule has 2 N–H and O–H groups in total. The van der Waals surface area contributed by atoms with Crippen molar-refractivity contribution >= 4 is 11.6 Å². The van der Waals surface area contributed by atoms with Crippen molar-refractivity contribution in [3.05, 3.63) is 34.9 Å². The van der Waals surface area contributed by atoms with Gasteiger partial charge in [-0.3, -0.25) is 4.90 Å². The summed E-state index contributed by atoms with van der Waals surface area (Å²) >= 11 is 5.94. The normalized spacial score (nSPS) is 14.8. The molecule has 0 amide bonds. The largest absolute Gasteiger partial charge is 0.330 e. The van der Waals surface area contributed by atoms with Crippen LogP contribution in [0.15, 0.2) is 24.3 Å². The van der Waals surface area contributed by atoms with Crippen LogP contribution in [-0.4, -0.2) is 25.0 Å². The molecule has 20 heavy (non-hydrogen) atoms. The summed E-state index contributed by atoms with van der Waals surface area (Å²) < 4.78 is 0. The van der Waals surface area contributed by atoms with Gasteiger partial charge in [0.25, 0.3) is 0 Å². The molecule has 2 nitrogen and oxygen atoms in total. The lowest BCUT2D eigenvalue weighted by Gasteiger charge is -2.27. The predicted octanol–water partition coefficient (Wildman–Crippen LogP) is 4.34. The molecule has 1 aromatic rings. The molecule has 1 rings (SSSR count). The van der Waals surface area contributed by atoms with E-state index in [-0.39, 0.29) is 0 Å². The van der Waals surface area contributed by atoms with Crippen molar-refractivity contribution in [3.63, 3.8) is 0 Å². The summed E-state index contributed by atoms with van der Waals surface area (Å²) in [5.41, 5.74) is 7.19. The van der Waals surface area contributed by atoms with E-state index < -0.39 is 0 Å². The van der Waals surface area contributed by atoms with Gasteiger partial charge in [0, 0.05) is 11.1 Å². The van der Waals surface area contributed by atoms with E-state index in [2.05, 4.69) is 44.9 Å². The molecule has 2 unspecified atom stereocenters. The first-order chi connectivity index (χ1) is 9.43. The van der Waals surface area contributed by atoms with Crippen LogP contribution in [0.3, 0.4) is 0 Å².